The van der Waals surface area contributed by atoms with Crippen molar-refractivity contribution in [3.05, 3.63) is 53.0 Å². The molecule has 1 aromatic carbocycles. The first kappa shape index (κ1) is 22.8. The normalized spacial score (nSPS) is 16.0. The number of hydrogen-bond donors (Lipinski definition) is 0. The molecule has 1 amide bonds. The van der Waals surface area contributed by atoms with Crippen molar-refractivity contribution in [3.63, 3.8) is 0 Å². The van der Waals surface area contributed by atoms with Crippen molar-refractivity contribution in [3.8, 4) is 17.1 Å². The van der Waals surface area contributed by atoms with E-state index in [1.54, 1.807) is 13.3 Å². The second-order valence-corrected chi connectivity index (χ2v) is 8.78. The molecule has 3 aromatic rings. The molecule has 1 aliphatic heterocycles. The van der Waals surface area contributed by atoms with Crippen LogP contribution in [-0.2, 0) is 11.2 Å². The second kappa shape index (κ2) is 9.60. The van der Waals surface area contributed by atoms with Crippen molar-refractivity contribution in [1.29, 1.82) is 0 Å². The summed E-state index contributed by atoms with van der Waals surface area (Å²) < 4.78 is 10.9. The molecule has 1 unspecified atom stereocenters. The van der Waals surface area contributed by atoms with E-state index >= 15 is 0 Å². The molecule has 1 atom stereocenters. The molecule has 4 rings (SSSR count). The summed E-state index contributed by atoms with van der Waals surface area (Å²) in [4.78, 5) is 26.7. The Morgan fingerprint density at radius 3 is 2.73 bits per heavy atom. The Morgan fingerprint density at radius 1 is 1.24 bits per heavy atom. The van der Waals surface area contributed by atoms with Gasteiger partial charge in [-0.2, -0.15) is 0 Å². The quantitative estimate of drug-likeness (QED) is 0.560. The number of benzene rings is 1. The van der Waals surface area contributed by atoms with Gasteiger partial charge in [0.2, 0.25) is 11.9 Å². The monoisotopic (exact) mass is 449 g/mol. The van der Waals surface area contributed by atoms with E-state index < -0.39 is 0 Å². The third-order valence-corrected chi connectivity index (χ3v) is 6.05. The summed E-state index contributed by atoms with van der Waals surface area (Å²) >= 11 is 0. The molecule has 0 spiro atoms. The van der Waals surface area contributed by atoms with Crippen LogP contribution in [0.3, 0.4) is 0 Å². The summed E-state index contributed by atoms with van der Waals surface area (Å²) in [7, 11) is 5.48. The van der Waals surface area contributed by atoms with E-state index in [2.05, 4.69) is 10.1 Å². The minimum absolute atomic E-state index is 0.0917. The molecule has 0 bridgehead atoms. The van der Waals surface area contributed by atoms with Gasteiger partial charge in [-0.3, -0.25) is 4.79 Å². The summed E-state index contributed by atoms with van der Waals surface area (Å²) in [5, 5.41) is 4.04. The number of anilines is 1. The van der Waals surface area contributed by atoms with Crippen LogP contribution in [0.2, 0.25) is 0 Å². The molecule has 2 aromatic heterocycles. The minimum atomic E-state index is -0.146. The molecule has 1 saturated heterocycles. The lowest BCUT2D eigenvalue weighted by atomic mass is 9.94. The van der Waals surface area contributed by atoms with E-state index in [1.165, 1.54) is 0 Å². The molecular weight excluding hydrogens is 418 g/mol. The predicted molar refractivity (Wildman–Crippen MR) is 126 cm³/mol. The highest BCUT2D eigenvalue weighted by molar-refractivity contribution is 5.80. The predicted octanol–water partition coefficient (Wildman–Crippen LogP) is 4.12. The van der Waals surface area contributed by atoms with Crippen molar-refractivity contribution in [1.82, 2.24) is 20.0 Å². The minimum Gasteiger partial charge on any atom is -0.496 e. The molecule has 8 nitrogen and oxygen atoms in total. The molecule has 0 radical (unpaired) electrons. The van der Waals surface area contributed by atoms with Crippen LogP contribution in [0, 0.1) is 13.8 Å². The number of ether oxygens (including phenoxy) is 1. The maximum absolute atomic E-state index is 13.5. The number of amides is 1. The number of hydrogen-bond acceptors (Lipinski definition) is 7. The van der Waals surface area contributed by atoms with Gasteiger partial charge in [-0.05, 0) is 50.3 Å². The van der Waals surface area contributed by atoms with E-state index in [4.69, 9.17) is 14.2 Å². The van der Waals surface area contributed by atoms with Gasteiger partial charge in [-0.15, -0.1) is 0 Å². The third kappa shape index (κ3) is 4.84. The summed E-state index contributed by atoms with van der Waals surface area (Å²) in [5.74, 6) is 2.14. The van der Waals surface area contributed by atoms with Crippen LogP contribution in [0.25, 0.3) is 11.3 Å². The SMILES string of the molecule is COc1ccc(CC(=O)N2CCCCC2c2nc(N(C)C)ncc2-c2cc(C)no2)cc1C. The average Bonchev–Trinajstić information content (AvgIpc) is 3.24. The van der Waals surface area contributed by atoms with Crippen LogP contribution in [-0.4, -0.2) is 53.7 Å². The Labute approximate surface area is 194 Å². The standard InChI is InChI=1S/C25H31N5O3/c1-16-12-18(9-10-21(16)32-5)14-23(31)30-11-7-6-8-20(30)24-19(22-13-17(2)28-33-22)15-26-25(27-24)29(3)4/h9-10,12-13,15,20H,6-8,11,14H2,1-5H3. The largest absolute Gasteiger partial charge is 0.496 e. The smallest absolute Gasteiger partial charge is 0.227 e. The zero-order chi connectivity index (χ0) is 23.5. The lowest BCUT2D eigenvalue weighted by Crippen LogP contribution is -2.40. The fourth-order valence-electron chi connectivity index (χ4n) is 4.38. The van der Waals surface area contributed by atoms with Crippen LogP contribution in [0.1, 0.15) is 47.8 Å². The number of carbonyl (C=O) groups is 1. The van der Waals surface area contributed by atoms with Gasteiger partial charge in [0, 0.05) is 32.9 Å². The Bertz CT molecular complexity index is 1140. The first-order valence-corrected chi connectivity index (χ1v) is 11.3. The Kier molecular flexibility index (Phi) is 6.62. The van der Waals surface area contributed by atoms with Gasteiger partial charge in [0.1, 0.15) is 5.75 Å². The topological polar surface area (TPSA) is 84.6 Å². The van der Waals surface area contributed by atoms with Crippen molar-refractivity contribution in [2.24, 2.45) is 0 Å². The van der Waals surface area contributed by atoms with Crippen LogP contribution >= 0.6 is 0 Å². The maximum atomic E-state index is 13.5. The first-order valence-electron chi connectivity index (χ1n) is 11.3. The number of piperidine rings is 1. The molecule has 33 heavy (non-hydrogen) atoms. The molecular formula is C25H31N5O3. The molecule has 8 heteroatoms. The number of carbonyl (C=O) groups excluding carboxylic acids is 1. The van der Waals surface area contributed by atoms with Gasteiger partial charge in [0.15, 0.2) is 5.76 Å². The maximum Gasteiger partial charge on any atom is 0.227 e. The van der Waals surface area contributed by atoms with Crippen molar-refractivity contribution in [2.75, 3.05) is 32.6 Å². The van der Waals surface area contributed by atoms with E-state index in [1.807, 2.05) is 62.0 Å². The lowest BCUT2D eigenvalue weighted by molar-refractivity contribution is -0.134. The van der Waals surface area contributed by atoms with E-state index in [0.29, 0.717) is 24.7 Å². The van der Waals surface area contributed by atoms with Gasteiger partial charge in [-0.25, -0.2) is 9.97 Å². The van der Waals surface area contributed by atoms with Gasteiger partial charge < -0.3 is 19.1 Å². The summed E-state index contributed by atoms with van der Waals surface area (Å²) in [6, 6.07) is 7.64. The highest BCUT2D eigenvalue weighted by Crippen LogP contribution is 2.37. The molecule has 1 aliphatic rings. The number of methoxy groups -OCH3 is 1. The Morgan fingerprint density at radius 2 is 2.06 bits per heavy atom. The summed E-state index contributed by atoms with van der Waals surface area (Å²) in [5.41, 5.74) is 4.38. The summed E-state index contributed by atoms with van der Waals surface area (Å²) in [6.45, 7) is 4.58. The number of rotatable bonds is 6. The molecule has 1 fully saturated rings. The summed E-state index contributed by atoms with van der Waals surface area (Å²) in [6.07, 6.45) is 4.97. The molecule has 0 aliphatic carbocycles. The zero-order valence-corrected chi connectivity index (χ0v) is 20.0. The highest BCUT2D eigenvalue weighted by atomic mass is 16.5. The molecule has 3 heterocycles. The van der Waals surface area contributed by atoms with Gasteiger partial charge >= 0.3 is 0 Å². The number of aromatic nitrogens is 3. The van der Waals surface area contributed by atoms with E-state index in [0.717, 1.165) is 53.1 Å². The van der Waals surface area contributed by atoms with Gasteiger partial charge in [0.25, 0.3) is 0 Å². The fraction of sp³-hybridized carbons (Fsp3) is 0.440. The molecule has 174 valence electrons. The van der Waals surface area contributed by atoms with Crippen LogP contribution in [0.4, 0.5) is 5.95 Å². The Balaban J connectivity index is 1.68. The first-order chi connectivity index (χ1) is 15.9. The second-order valence-electron chi connectivity index (χ2n) is 8.78. The van der Waals surface area contributed by atoms with Crippen LogP contribution < -0.4 is 9.64 Å². The molecule has 0 N–H and O–H groups in total. The molecule has 0 saturated carbocycles. The van der Waals surface area contributed by atoms with Gasteiger partial charge in [0.05, 0.1) is 36.5 Å². The fourth-order valence-corrected chi connectivity index (χ4v) is 4.38. The number of likely N-dealkylation sites (tertiary alicyclic amines) is 1. The van der Waals surface area contributed by atoms with Crippen LogP contribution in [0.5, 0.6) is 5.75 Å². The van der Waals surface area contributed by atoms with Crippen molar-refractivity contribution >= 4 is 11.9 Å². The lowest BCUT2D eigenvalue weighted by Gasteiger charge is -2.36. The van der Waals surface area contributed by atoms with Crippen molar-refractivity contribution < 1.29 is 14.1 Å². The average molecular weight is 450 g/mol. The van der Waals surface area contributed by atoms with Crippen LogP contribution in [0.15, 0.2) is 35.0 Å². The van der Waals surface area contributed by atoms with Crippen molar-refractivity contribution in [2.45, 2.75) is 45.6 Å². The number of aryl methyl sites for hydroxylation is 2. The zero-order valence-electron chi connectivity index (χ0n) is 20.0. The van der Waals surface area contributed by atoms with Gasteiger partial charge in [-0.1, -0.05) is 17.3 Å². The van der Waals surface area contributed by atoms with E-state index in [-0.39, 0.29) is 11.9 Å². The Hall–Kier alpha value is -3.42. The van der Waals surface area contributed by atoms with E-state index in [9.17, 15) is 4.79 Å². The number of nitrogens with zero attached hydrogens (tertiary/aromatic N) is 5. The highest BCUT2D eigenvalue weighted by Gasteiger charge is 2.32. The third-order valence-electron chi connectivity index (χ3n) is 6.05.